The van der Waals surface area contributed by atoms with Crippen molar-refractivity contribution in [1.82, 2.24) is 10.2 Å². The van der Waals surface area contributed by atoms with Crippen molar-refractivity contribution in [3.05, 3.63) is 0 Å². The summed E-state index contributed by atoms with van der Waals surface area (Å²) in [4.78, 5) is 0. The Morgan fingerprint density at radius 1 is 1.23 bits per heavy atom. The summed E-state index contributed by atoms with van der Waals surface area (Å²) in [6.45, 7) is 3.90. The van der Waals surface area contributed by atoms with Crippen molar-refractivity contribution in [2.45, 2.75) is 26.3 Å². The molecule has 0 aromatic carbocycles. The molecule has 1 N–H and O–H groups in total. The van der Waals surface area contributed by atoms with Gasteiger partial charge in [0.25, 0.3) is 6.64 Å². The van der Waals surface area contributed by atoms with Crippen LogP contribution in [0, 0.1) is 0 Å². The van der Waals surface area contributed by atoms with Crippen molar-refractivity contribution in [3.63, 3.8) is 0 Å². The lowest BCUT2D eigenvalue weighted by atomic mass is 10.1. The van der Waals surface area contributed by atoms with E-state index in [2.05, 4.69) is 26.0 Å². The standard InChI is InChI=1S/C7H19N2O2PS/c1-7(2,3)9(4)8-12(13,10-5)11-6/h1-6H3,(H,8,13). The molecule has 0 spiro atoms. The number of hydrazine groups is 1. The van der Waals surface area contributed by atoms with E-state index >= 15 is 0 Å². The first-order chi connectivity index (χ1) is 5.75. The number of hydrogen-bond donors (Lipinski definition) is 1. The van der Waals surface area contributed by atoms with Gasteiger partial charge in [0.1, 0.15) is 0 Å². The topological polar surface area (TPSA) is 33.7 Å². The lowest BCUT2D eigenvalue weighted by Crippen LogP contribution is -2.46. The van der Waals surface area contributed by atoms with Gasteiger partial charge in [-0.25, -0.2) is 5.01 Å². The zero-order valence-electron chi connectivity index (χ0n) is 9.12. The second-order valence-electron chi connectivity index (χ2n) is 3.69. The molecular weight excluding hydrogens is 207 g/mol. The van der Waals surface area contributed by atoms with Crippen LogP contribution in [0.4, 0.5) is 0 Å². The second kappa shape index (κ2) is 4.82. The second-order valence-corrected chi connectivity index (χ2v) is 7.06. The van der Waals surface area contributed by atoms with Crippen molar-refractivity contribution in [3.8, 4) is 0 Å². The van der Waals surface area contributed by atoms with Gasteiger partial charge in [0, 0.05) is 26.8 Å². The molecule has 0 heterocycles. The Kier molecular flexibility index (Phi) is 5.00. The van der Waals surface area contributed by atoms with Crippen LogP contribution in [0.15, 0.2) is 0 Å². The summed E-state index contributed by atoms with van der Waals surface area (Å²) in [5.41, 5.74) is -0.0128. The predicted octanol–water partition coefficient (Wildman–Crippen LogP) is 1.74. The molecule has 0 amide bonds. The number of nitrogens with zero attached hydrogens (tertiary/aromatic N) is 1. The summed E-state index contributed by atoms with van der Waals surface area (Å²) in [6, 6.07) is 0. The molecular formula is C7H19N2O2PS. The average molecular weight is 226 g/mol. The molecule has 0 aliphatic heterocycles. The SMILES string of the molecule is COP(=S)(NN(C)C(C)(C)C)OC. The summed E-state index contributed by atoms with van der Waals surface area (Å²) < 4.78 is 10.2. The van der Waals surface area contributed by atoms with Crippen molar-refractivity contribution in [2.75, 3.05) is 21.3 Å². The van der Waals surface area contributed by atoms with E-state index in [1.54, 1.807) is 14.2 Å². The Morgan fingerprint density at radius 2 is 1.62 bits per heavy atom. The van der Waals surface area contributed by atoms with Crippen LogP contribution in [0.2, 0.25) is 0 Å². The molecule has 0 radical (unpaired) electrons. The van der Waals surface area contributed by atoms with Gasteiger partial charge in [-0.1, -0.05) is 0 Å². The maximum atomic E-state index is 5.16. The van der Waals surface area contributed by atoms with Crippen LogP contribution >= 0.6 is 6.64 Å². The highest BCUT2D eigenvalue weighted by atomic mass is 32.5. The lowest BCUT2D eigenvalue weighted by Gasteiger charge is -2.35. The Labute approximate surface area is 85.8 Å². The molecule has 13 heavy (non-hydrogen) atoms. The maximum absolute atomic E-state index is 5.16. The zero-order valence-corrected chi connectivity index (χ0v) is 10.8. The van der Waals surface area contributed by atoms with E-state index < -0.39 is 6.64 Å². The Bertz CT molecular complexity index is 197. The number of hydrogen-bond acceptors (Lipinski definition) is 4. The highest BCUT2D eigenvalue weighted by molar-refractivity contribution is 8.08. The Balaban J connectivity index is 4.35. The number of rotatable bonds is 4. The molecule has 0 bridgehead atoms. The molecule has 0 rings (SSSR count). The Hall–Kier alpha value is 0.490. The highest BCUT2D eigenvalue weighted by Gasteiger charge is 2.24. The van der Waals surface area contributed by atoms with E-state index in [0.717, 1.165) is 0 Å². The van der Waals surface area contributed by atoms with Gasteiger partial charge in [0.05, 0.1) is 0 Å². The van der Waals surface area contributed by atoms with Gasteiger partial charge >= 0.3 is 0 Å². The Morgan fingerprint density at radius 3 is 1.85 bits per heavy atom. The first kappa shape index (κ1) is 13.5. The van der Waals surface area contributed by atoms with Gasteiger partial charge in [-0.2, -0.15) is 5.20 Å². The third-order valence-corrected chi connectivity index (χ3v) is 4.41. The van der Waals surface area contributed by atoms with Gasteiger partial charge in [-0.15, -0.1) is 0 Å². The summed E-state index contributed by atoms with van der Waals surface area (Å²) >= 11 is 5.16. The molecule has 4 nitrogen and oxygen atoms in total. The maximum Gasteiger partial charge on any atom is 0.274 e. The van der Waals surface area contributed by atoms with Gasteiger partial charge in [0.15, 0.2) is 0 Å². The molecule has 0 fully saturated rings. The van der Waals surface area contributed by atoms with Crippen LogP contribution in [-0.4, -0.2) is 31.8 Å². The average Bonchev–Trinajstić information content (AvgIpc) is 2.02. The van der Waals surface area contributed by atoms with Gasteiger partial charge in [-0.05, 0) is 32.6 Å². The van der Waals surface area contributed by atoms with Gasteiger partial charge in [-0.3, -0.25) is 0 Å². The molecule has 6 heteroatoms. The molecule has 0 aliphatic carbocycles. The van der Waals surface area contributed by atoms with Crippen molar-refractivity contribution in [2.24, 2.45) is 0 Å². The zero-order chi connectivity index (χ0) is 10.7. The van der Waals surface area contributed by atoms with E-state index in [1.165, 1.54) is 0 Å². The largest absolute Gasteiger partial charge is 0.321 e. The minimum Gasteiger partial charge on any atom is -0.321 e. The molecule has 0 aliphatic rings. The van der Waals surface area contributed by atoms with E-state index in [4.69, 9.17) is 20.9 Å². The van der Waals surface area contributed by atoms with E-state index in [9.17, 15) is 0 Å². The van der Waals surface area contributed by atoms with E-state index in [0.29, 0.717) is 0 Å². The number of nitrogens with one attached hydrogen (secondary N) is 1. The van der Waals surface area contributed by atoms with Crippen LogP contribution in [0.5, 0.6) is 0 Å². The summed E-state index contributed by atoms with van der Waals surface area (Å²) in [7, 11) is 5.01. The molecule has 0 saturated heterocycles. The predicted molar refractivity (Wildman–Crippen MR) is 59.0 cm³/mol. The fraction of sp³-hybridized carbons (Fsp3) is 1.00. The van der Waals surface area contributed by atoms with Crippen LogP contribution < -0.4 is 5.20 Å². The lowest BCUT2D eigenvalue weighted by molar-refractivity contribution is 0.132. The quantitative estimate of drug-likeness (QED) is 0.583. The molecule has 0 aromatic rings. The molecule has 0 saturated carbocycles. The highest BCUT2D eigenvalue weighted by Crippen LogP contribution is 2.42. The van der Waals surface area contributed by atoms with Crippen molar-refractivity contribution >= 4 is 18.4 Å². The van der Waals surface area contributed by atoms with Crippen molar-refractivity contribution in [1.29, 1.82) is 0 Å². The molecule has 80 valence electrons. The van der Waals surface area contributed by atoms with Gasteiger partial charge in [0.2, 0.25) is 0 Å². The van der Waals surface area contributed by atoms with Crippen LogP contribution in [0.25, 0.3) is 0 Å². The van der Waals surface area contributed by atoms with E-state index in [1.807, 2.05) is 12.1 Å². The van der Waals surface area contributed by atoms with Crippen LogP contribution in [-0.2, 0) is 20.9 Å². The monoisotopic (exact) mass is 226 g/mol. The molecule has 0 unspecified atom stereocenters. The summed E-state index contributed by atoms with van der Waals surface area (Å²) in [6.07, 6.45) is 0. The first-order valence-electron chi connectivity index (χ1n) is 3.98. The van der Waals surface area contributed by atoms with Crippen molar-refractivity contribution < 1.29 is 9.05 Å². The third kappa shape index (κ3) is 4.49. The van der Waals surface area contributed by atoms with Crippen LogP contribution in [0.3, 0.4) is 0 Å². The van der Waals surface area contributed by atoms with E-state index in [-0.39, 0.29) is 5.54 Å². The molecule has 0 aromatic heterocycles. The minimum atomic E-state index is -2.32. The minimum absolute atomic E-state index is 0.0128. The fourth-order valence-electron chi connectivity index (χ4n) is 0.490. The summed E-state index contributed by atoms with van der Waals surface area (Å²) in [5.74, 6) is 0. The third-order valence-electron chi connectivity index (χ3n) is 1.76. The van der Waals surface area contributed by atoms with Gasteiger partial charge < -0.3 is 9.05 Å². The summed E-state index contributed by atoms with van der Waals surface area (Å²) in [5, 5.41) is 4.95. The normalized spacial score (nSPS) is 13.8. The fourth-order valence-corrected chi connectivity index (χ4v) is 1.84. The van der Waals surface area contributed by atoms with Crippen LogP contribution in [0.1, 0.15) is 20.8 Å². The smallest absolute Gasteiger partial charge is 0.274 e. The molecule has 0 atom stereocenters. The first-order valence-corrected chi connectivity index (χ1v) is 6.62.